The summed E-state index contributed by atoms with van der Waals surface area (Å²) in [4.78, 5) is 82.9. The summed E-state index contributed by atoms with van der Waals surface area (Å²) in [6.07, 6.45) is -0.980. The number of primary amides is 1. The molecule has 0 bridgehead atoms. The predicted octanol–water partition coefficient (Wildman–Crippen LogP) is 0.553. The molecule has 0 aliphatic heterocycles. The van der Waals surface area contributed by atoms with Gasteiger partial charge in [0.15, 0.2) is 34.7 Å². The summed E-state index contributed by atoms with van der Waals surface area (Å²) >= 11 is 0. The number of anilines is 2. The lowest BCUT2D eigenvalue weighted by atomic mass is 9.52. The molecule has 2 fully saturated rings. The van der Waals surface area contributed by atoms with Crippen LogP contribution in [0.3, 0.4) is 0 Å². The van der Waals surface area contributed by atoms with Crippen LogP contribution in [-0.2, 0) is 25.6 Å². The molecule has 2 aromatic rings. The maximum absolute atomic E-state index is 14.1. The number of hydrogen-bond acceptors (Lipinski definition) is 12. The molecule has 0 aromatic heterocycles. The van der Waals surface area contributed by atoms with Gasteiger partial charge >= 0.3 is 6.09 Å². The monoisotopic (exact) mass is 622 g/mol. The molecule has 14 nitrogen and oxygen atoms in total. The average Bonchev–Trinajstić information content (AvgIpc) is 2.96. The lowest BCUT2D eigenvalue weighted by Gasteiger charge is -2.52. The minimum absolute atomic E-state index is 0.0729. The Morgan fingerprint density at radius 3 is 2.20 bits per heavy atom. The van der Waals surface area contributed by atoms with E-state index in [-0.39, 0.29) is 29.8 Å². The topological polar surface area (TPSA) is 206 Å². The number of nitrogens with zero attached hydrogens (tertiary/aromatic N) is 2. The van der Waals surface area contributed by atoms with Crippen molar-refractivity contribution in [2.75, 3.05) is 45.5 Å². The number of nitrogens with two attached hydrogens (primary N) is 1. The van der Waals surface area contributed by atoms with Crippen LogP contribution in [0.5, 0.6) is 17.2 Å². The van der Waals surface area contributed by atoms with Crippen LogP contribution in [-0.4, -0.2) is 97.2 Å². The number of ketones is 4. The summed E-state index contributed by atoms with van der Waals surface area (Å²) in [5.41, 5.74) is 2.94. The van der Waals surface area contributed by atoms with Crippen LogP contribution in [0.1, 0.15) is 22.3 Å². The molecule has 0 heterocycles. The van der Waals surface area contributed by atoms with Crippen LogP contribution in [0.4, 0.5) is 16.2 Å². The Morgan fingerprint density at radius 1 is 1.02 bits per heavy atom. The number of rotatable bonds is 6. The van der Waals surface area contributed by atoms with Crippen LogP contribution >= 0.6 is 0 Å². The van der Waals surface area contributed by atoms with Crippen LogP contribution in [0.25, 0.3) is 0 Å². The molecule has 2 unspecified atom stereocenters. The van der Waals surface area contributed by atoms with E-state index in [2.05, 4.69) is 5.32 Å². The molecule has 6 atom stereocenters. The van der Waals surface area contributed by atoms with Crippen molar-refractivity contribution >= 4 is 46.5 Å². The van der Waals surface area contributed by atoms with Gasteiger partial charge in [0.25, 0.3) is 0 Å². The van der Waals surface area contributed by atoms with Crippen LogP contribution in [0.2, 0.25) is 0 Å². The smallest absolute Gasteiger partial charge is 0.417 e. The Balaban J connectivity index is 1.55. The first kappa shape index (κ1) is 31.6. The quantitative estimate of drug-likeness (QED) is 0.258. The van der Waals surface area contributed by atoms with Crippen molar-refractivity contribution < 1.29 is 48.5 Å². The van der Waals surface area contributed by atoms with Gasteiger partial charge in [0, 0.05) is 25.7 Å². The lowest BCUT2D eigenvalue weighted by molar-refractivity contribution is -0.181. The predicted molar refractivity (Wildman–Crippen MR) is 158 cm³/mol. The first-order chi connectivity index (χ1) is 21.1. The largest absolute Gasteiger partial charge is 0.505 e. The van der Waals surface area contributed by atoms with Gasteiger partial charge in [-0.2, -0.15) is 0 Å². The number of Topliss-reactive ketones (excluding diaryl/α,β-unsaturated/α-hetero) is 4. The molecular formula is C31H34N4O10. The van der Waals surface area contributed by atoms with Gasteiger partial charge < -0.3 is 30.3 Å². The van der Waals surface area contributed by atoms with Crippen molar-refractivity contribution in [2.45, 2.75) is 24.5 Å². The summed E-state index contributed by atoms with van der Waals surface area (Å²) in [6.45, 7) is 0. The summed E-state index contributed by atoms with van der Waals surface area (Å²) in [5, 5.41) is 25.5. The zero-order valence-electron chi connectivity index (χ0n) is 25.3. The van der Waals surface area contributed by atoms with Gasteiger partial charge in [-0.1, -0.05) is 0 Å². The highest BCUT2D eigenvalue weighted by atomic mass is 16.6. The number of carbonyl (C=O) groups is 6. The summed E-state index contributed by atoms with van der Waals surface area (Å²) < 4.78 is 10.4. The minimum atomic E-state index is -2.84. The van der Waals surface area contributed by atoms with Crippen molar-refractivity contribution in [2.24, 2.45) is 29.4 Å². The molecule has 5 rings (SSSR count). The zero-order chi connectivity index (χ0) is 33.1. The van der Waals surface area contributed by atoms with Gasteiger partial charge in [0.1, 0.15) is 17.2 Å². The number of aromatic hydroxyl groups is 1. The van der Waals surface area contributed by atoms with Crippen molar-refractivity contribution in [1.82, 2.24) is 4.90 Å². The number of nitrogens with one attached hydrogen (secondary N) is 1. The third-order valence-electron chi connectivity index (χ3n) is 9.03. The summed E-state index contributed by atoms with van der Waals surface area (Å²) in [5.74, 6) is -11.0. The Bertz CT molecular complexity index is 1640. The number of likely N-dealkylation sites (N-methyl/N-ethyl adjacent to an activating group) is 1. The van der Waals surface area contributed by atoms with Crippen molar-refractivity contribution in [3.8, 4) is 17.2 Å². The number of hydrogen-bond donors (Lipinski definition) is 4. The molecule has 0 spiro atoms. The molecule has 0 saturated heterocycles. The average molecular weight is 623 g/mol. The molecule has 2 saturated carbocycles. The number of phenols is 1. The van der Waals surface area contributed by atoms with E-state index in [1.54, 1.807) is 31.1 Å². The molecule has 5 N–H and O–H groups in total. The van der Waals surface area contributed by atoms with E-state index in [0.717, 1.165) is 0 Å². The molecule has 3 aliphatic rings. The summed E-state index contributed by atoms with van der Waals surface area (Å²) in [6, 6.07) is 6.42. The molecule has 3 aliphatic carbocycles. The van der Waals surface area contributed by atoms with Crippen LogP contribution in [0.15, 0.2) is 30.3 Å². The second-order valence-electron chi connectivity index (χ2n) is 12.0. The molecule has 14 heteroatoms. The number of carbonyl (C=O) groups excluding carboxylic acids is 6. The van der Waals surface area contributed by atoms with Gasteiger partial charge in [-0.05, 0) is 68.8 Å². The Labute approximate surface area is 258 Å². The Hall–Kier alpha value is -4.82. The second-order valence-corrected chi connectivity index (χ2v) is 12.0. The van der Waals surface area contributed by atoms with E-state index < -0.39 is 76.2 Å². The number of fused-ring (bicyclic) bond motifs is 3. The van der Waals surface area contributed by atoms with Crippen molar-refractivity contribution in [3.63, 3.8) is 0 Å². The second kappa shape index (κ2) is 11.3. The number of amides is 2. The standard InChI is InChI=1S/C31H34N4O10/c1-34(2)19-12-18(33-30(42)45-15-8-6-14(44-5)7-9-15)24(36)21-16(19)10-13-11-17-23(35(3)4)26(38)22(29(32)41)28(40)31(17,43)27(39)20(13)25(21)37/h6-9,12-13,17,20,22-23,36,43H,10-11H2,1-5H3,(H2,32,41)(H,33,42)/t13-,17-,20?,22?,23-,31-/m0/s1. The maximum atomic E-state index is 14.1. The summed E-state index contributed by atoms with van der Waals surface area (Å²) in [7, 11) is 7.91. The number of ether oxygens (including phenoxy) is 2. The number of aliphatic hydroxyl groups is 1. The molecule has 2 amide bonds. The highest BCUT2D eigenvalue weighted by Gasteiger charge is 2.69. The number of methoxy groups -OCH3 is 1. The third kappa shape index (κ3) is 4.90. The molecular weight excluding hydrogens is 588 g/mol. The van der Waals surface area contributed by atoms with Crippen LogP contribution < -0.4 is 25.4 Å². The number of benzene rings is 2. The maximum Gasteiger partial charge on any atom is 0.417 e. The first-order valence-electron chi connectivity index (χ1n) is 14.2. The van der Waals surface area contributed by atoms with Crippen LogP contribution in [0, 0.1) is 23.7 Å². The highest BCUT2D eigenvalue weighted by molar-refractivity contribution is 6.32. The SMILES string of the molecule is COc1ccc(OC(=O)Nc2cc(N(C)C)c3c(c2O)C(=O)C2C(=O)[C@]4(O)C(=O)C(C(N)=O)C(=O)[C@@H](N(C)C)[C@@H]4C[C@@H]2C3)cc1. The molecule has 0 radical (unpaired) electrons. The Kier molecular flexibility index (Phi) is 7.92. The van der Waals surface area contributed by atoms with Gasteiger partial charge in [-0.15, -0.1) is 0 Å². The lowest BCUT2D eigenvalue weighted by Crippen LogP contribution is -2.74. The fraction of sp³-hybridized carbons (Fsp3) is 0.419. The minimum Gasteiger partial charge on any atom is -0.505 e. The molecule has 238 valence electrons. The molecule has 45 heavy (non-hydrogen) atoms. The van der Waals surface area contributed by atoms with E-state index in [1.807, 2.05) is 0 Å². The van der Waals surface area contributed by atoms with E-state index in [4.69, 9.17) is 15.2 Å². The van der Waals surface area contributed by atoms with Crippen molar-refractivity contribution in [3.05, 3.63) is 41.5 Å². The molecule has 2 aromatic carbocycles. The zero-order valence-corrected chi connectivity index (χ0v) is 25.3. The van der Waals surface area contributed by atoms with E-state index in [1.165, 1.54) is 44.3 Å². The van der Waals surface area contributed by atoms with Gasteiger partial charge in [0.05, 0.1) is 30.3 Å². The normalized spacial score (nSPS) is 27.3. The fourth-order valence-electron chi connectivity index (χ4n) is 7.03. The third-order valence-corrected chi connectivity index (χ3v) is 9.03. The fourth-order valence-corrected chi connectivity index (χ4v) is 7.03. The van der Waals surface area contributed by atoms with E-state index >= 15 is 0 Å². The van der Waals surface area contributed by atoms with Gasteiger partial charge in [-0.25, -0.2) is 4.79 Å². The Morgan fingerprint density at radius 2 is 1.64 bits per heavy atom. The number of phenolic OH excluding ortho intramolecular Hbond substituents is 1. The first-order valence-corrected chi connectivity index (χ1v) is 14.2. The van der Waals surface area contributed by atoms with Gasteiger partial charge in [-0.3, -0.25) is 34.2 Å². The van der Waals surface area contributed by atoms with E-state index in [0.29, 0.717) is 17.0 Å². The van der Waals surface area contributed by atoms with E-state index in [9.17, 15) is 39.0 Å². The highest BCUT2D eigenvalue weighted by Crippen LogP contribution is 2.52. The van der Waals surface area contributed by atoms with Crippen molar-refractivity contribution in [1.29, 1.82) is 0 Å². The van der Waals surface area contributed by atoms with Gasteiger partial charge in [0.2, 0.25) is 5.91 Å².